The van der Waals surface area contributed by atoms with Crippen LogP contribution in [0.2, 0.25) is 0 Å². The van der Waals surface area contributed by atoms with Gasteiger partial charge in [-0.3, -0.25) is 0 Å². The van der Waals surface area contributed by atoms with E-state index in [4.69, 9.17) is 9.15 Å². The van der Waals surface area contributed by atoms with Gasteiger partial charge in [0.05, 0.1) is 18.1 Å². The summed E-state index contributed by atoms with van der Waals surface area (Å²) in [4.78, 5) is 12.1. The predicted molar refractivity (Wildman–Crippen MR) is 89.2 cm³/mol. The number of para-hydroxylation sites is 2. The summed E-state index contributed by atoms with van der Waals surface area (Å²) in [5.41, 5.74) is 1.35. The summed E-state index contributed by atoms with van der Waals surface area (Å²) >= 11 is 0. The molecular weight excluding hydrogens is 292 g/mol. The Labute approximate surface area is 134 Å². The van der Waals surface area contributed by atoms with Crippen molar-refractivity contribution in [2.24, 2.45) is 0 Å². The zero-order valence-electron chi connectivity index (χ0n) is 12.9. The Bertz CT molecular complexity index is 880. The van der Waals surface area contributed by atoms with Gasteiger partial charge in [-0.2, -0.15) is 0 Å². The van der Waals surface area contributed by atoms with Gasteiger partial charge in [0.1, 0.15) is 17.1 Å². The molecule has 0 atom stereocenters. The van der Waals surface area contributed by atoms with Crippen LogP contribution in [0, 0.1) is 0 Å². The van der Waals surface area contributed by atoms with Crippen molar-refractivity contribution in [2.75, 3.05) is 7.11 Å². The third kappa shape index (κ3) is 3.06. The van der Waals surface area contributed by atoms with Crippen LogP contribution in [0.3, 0.4) is 0 Å². The first-order chi connectivity index (χ1) is 11.2. The molecule has 1 heterocycles. The molecule has 3 aromatic rings. The summed E-state index contributed by atoms with van der Waals surface area (Å²) in [6, 6.07) is 14.8. The quantitative estimate of drug-likeness (QED) is 0.730. The van der Waals surface area contributed by atoms with Crippen molar-refractivity contribution in [1.29, 1.82) is 0 Å². The largest absolute Gasteiger partial charge is 0.507 e. The lowest BCUT2D eigenvalue weighted by Gasteiger charge is -2.09. The lowest BCUT2D eigenvalue weighted by atomic mass is 10.0. The molecule has 0 aliphatic heterocycles. The summed E-state index contributed by atoms with van der Waals surface area (Å²) in [5.74, 6) is 0.860. The molecule has 23 heavy (non-hydrogen) atoms. The lowest BCUT2D eigenvalue weighted by molar-refractivity contribution is 0.409. The standard InChI is InChI=1S/C19H18O4/c1-22-16-11-4-2-7-13(16)8-6-10-15-18(20)14-9-3-5-12-17(14)23-19(15)21/h2-5,7,9,11-12,20H,6,8,10H2,1H3. The van der Waals surface area contributed by atoms with Gasteiger partial charge in [0, 0.05) is 0 Å². The Balaban J connectivity index is 1.81. The van der Waals surface area contributed by atoms with Gasteiger partial charge in [-0.1, -0.05) is 30.3 Å². The first kappa shape index (κ1) is 15.2. The van der Waals surface area contributed by atoms with Gasteiger partial charge in [-0.05, 0) is 43.0 Å². The van der Waals surface area contributed by atoms with Crippen LogP contribution in [-0.4, -0.2) is 12.2 Å². The van der Waals surface area contributed by atoms with Crippen molar-refractivity contribution in [3.63, 3.8) is 0 Å². The highest BCUT2D eigenvalue weighted by Crippen LogP contribution is 2.27. The topological polar surface area (TPSA) is 59.7 Å². The van der Waals surface area contributed by atoms with Gasteiger partial charge in [0.15, 0.2) is 0 Å². The van der Waals surface area contributed by atoms with E-state index in [1.807, 2.05) is 24.3 Å². The minimum atomic E-state index is -0.471. The summed E-state index contributed by atoms with van der Waals surface area (Å²) in [5, 5.41) is 10.9. The molecule has 1 N–H and O–H groups in total. The van der Waals surface area contributed by atoms with Crippen molar-refractivity contribution >= 4 is 11.0 Å². The number of methoxy groups -OCH3 is 1. The van der Waals surface area contributed by atoms with Crippen molar-refractivity contribution in [3.05, 3.63) is 70.1 Å². The van der Waals surface area contributed by atoms with Crippen molar-refractivity contribution in [1.82, 2.24) is 0 Å². The Hall–Kier alpha value is -2.75. The molecule has 1 aromatic heterocycles. The van der Waals surface area contributed by atoms with Crippen molar-refractivity contribution < 1.29 is 14.3 Å². The molecular formula is C19H18O4. The lowest BCUT2D eigenvalue weighted by Crippen LogP contribution is -2.08. The van der Waals surface area contributed by atoms with Crippen LogP contribution in [0.4, 0.5) is 0 Å². The van der Waals surface area contributed by atoms with Crippen LogP contribution in [0.5, 0.6) is 11.5 Å². The Kier molecular flexibility index (Phi) is 4.33. The third-order valence-electron chi connectivity index (χ3n) is 3.94. The van der Waals surface area contributed by atoms with E-state index in [0.717, 1.165) is 24.2 Å². The molecule has 0 spiro atoms. The maximum Gasteiger partial charge on any atom is 0.343 e. The normalized spacial score (nSPS) is 10.8. The van der Waals surface area contributed by atoms with Crippen LogP contribution in [-0.2, 0) is 12.8 Å². The Morgan fingerprint density at radius 2 is 1.78 bits per heavy atom. The molecule has 0 unspecified atom stereocenters. The highest BCUT2D eigenvalue weighted by atomic mass is 16.5. The van der Waals surface area contributed by atoms with E-state index >= 15 is 0 Å². The molecule has 3 rings (SSSR count). The molecule has 0 radical (unpaired) electrons. The molecule has 0 amide bonds. The average molecular weight is 310 g/mol. The zero-order valence-corrected chi connectivity index (χ0v) is 12.9. The van der Waals surface area contributed by atoms with E-state index in [1.54, 1.807) is 31.4 Å². The smallest absolute Gasteiger partial charge is 0.343 e. The minimum Gasteiger partial charge on any atom is -0.507 e. The van der Waals surface area contributed by atoms with Gasteiger partial charge >= 0.3 is 5.63 Å². The fourth-order valence-electron chi connectivity index (χ4n) is 2.76. The van der Waals surface area contributed by atoms with E-state index in [2.05, 4.69) is 0 Å². The van der Waals surface area contributed by atoms with Gasteiger partial charge in [-0.25, -0.2) is 4.79 Å². The molecule has 0 saturated carbocycles. The molecule has 0 aliphatic rings. The average Bonchev–Trinajstić information content (AvgIpc) is 2.58. The van der Waals surface area contributed by atoms with Crippen molar-refractivity contribution in [3.8, 4) is 11.5 Å². The molecule has 4 nitrogen and oxygen atoms in total. The minimum absolute atomic E-state index is 0.0249. The number of hydrogen-bond acceptors (Lipinski definition) is 4. The van der Waals surface area contributed by atoms with Gasteiger partial charge in [-0.15, -0.1) is 0 Å². The fourth-order valence-corrected chi connectivity index (χ4v) is 2.76. The summed E-state index contributed by atoms with van der Waals surface area (Å²) in [6.45, 7) is 0. The monoisotopic (exact) mass is 310 g/mol. The van der Waals surface area contributed by atoms with E-state index in [-0.39, 0.29) is 5.75 Å². The maximum atomic E-state index is 12.1. The van der Waals surface area contributed by atoms with E-state index < -0.39 is 5.63 Å². The SMILES string of the molecule is COc1ccccc1CCCc1c(O)c2ccccc2oc1=O. The molecule has 0 bridgehead atoms. The fraction of sp³-hybridized carbons (Fsp3) is 0.211. The number of aromatic hydroxyl groups is 1. The molecule has 0 aliphatic carbocycles. The maximum absolute atomic E-state index is 12.1. The second kappa shape index (κ2) is 6.57. The number of fused-ring (bicyclic) bond motifs is 1. The molecule has 0 saturated heterocycles. The number of aryl methyl sites for hydroxylation is 1. The van der Waals surface area contributed by atoms with Crippen LogP contribution >= 0.6 is 0 Å². The third-order valence-corrected chi connectivity index (χ3v) is 3.94. The molecule has 0 fully saturated rings. The second-order valence-electron chi connectivity index (χ2n) is 5.38. The molecule has 4 heteroatoms. The number of benzene rings is 2. The van der Waals surface area contributed by atoms with Gasteiger partial charge in [0.2, 0.25) is 0 Å². The number of rotatable bonds is 5. The van der Waals surface area contributed by atoms with E-state index in [0.29, 0.717) is 23.0 Å². The zero-order chi connectivity index (χ0) is 16.2. The van der Waals surface area contributed by atoms with E-state index in [1.165, 1.54) is 0 Å². The second-order valence-corrected chi connectivity index (χ2v) is 5.38. The molecule has 118 valence electrons. The Morgan fingerprint density at radius 1 is 1.04 bits per heavy atom. The van der Waals surface area contributed by atoms with Crippen LogP contribution in [0.1, 0.15) is 17.5 Å². The van der Waals surface area contributed by atoms with Gasteiger partial charge in [0.25, 0.3) is 0 Å². The molecule has 2 aromatic carbocycles. The first-order valence-electron chi connectivity index (χ1n) is 7.56. The highest BCUT2D eigenvalue weighted by molar-refractivity contribution is 5.83. The van der Waals surface area contributed by atoms with Crippen LogP contribution in [0.25, 0.3) is 11.0 Å². The first-order valence-corrected chi connectivity index (χ1v) is 7.56. The Morgan fingerprint density at radius 3 is 2.61 bits per heavy atom. The summed E-state index contributed by atoms with van der Waals surface area (Å²) in [6.07, 6.45) is 1.93. The number of ether oxygens (including phenoxy) is 1. The van der Waals surface area contributed by atoms with Crippen LogP contribution < -0.4 is 10.4 Å². The number of hydrogen-bond donors (Lipinski definition) is 1. The van der Waals surface area contributed by atoms with E-state index in [9.17, 15) is 9.90 Å². The summed E-state index contributed by atoms with van der Waals surface area (Å²) < 4.78 is 10.6. The predicted octanol–water partition coefficient (Wildman–Crippen LogP) is 3.68. The highest BCUT2D eigenvalue weighted by Gasteiger charge is 2.13. The van der Waals surface area contributed by atoms with Crippen LogP contribution in [0.15, 0.2) is 57.7 Å². The van der Waals surface area contributed by atoms with Gasteiger partial charge < -0.3 is 14.3 Å². The van der Waals surface area contributed by atoms with Crippen molar-refractivity contribution in [2.45, 2.75) is 19.3 Å². The summed E-state index contributed by atoms with van der Waals surface area (Å²) in [7, 11) is 1.64.